The Labute approximate surface area is 183 Å². The first-order valence-electron chi connectivity index (χ1n) is 9.21. The molecule has 0 aliphatic heterocycles. The van der Waals surface area contributed by atoms with Gasteiger partial charge < -0.3 is 11.1 Å². The number of ketones is 1. The van der Waals surface area contributed by atoms with Crippen LogP contribution < -0.4 is 15.8 Å². The SMILES string of the molecule is CC(=O)c1ccc(S(=O)(=O)Nc2ccc(C(=O)Nc3ccc(F)c(C(N)=O)c3)cc2)cc1. The number of benzene rings is 3. The molecule has 0 aromatic heterocycles. The molecule has 0 bridgehead atoms. The van der Waals surface area contributed by atoms with Crippen molar-refractivity contribution < 1.29 is 27.2 Å². The number of carbonyl (C=O) groups excluding carboxylic acids is 3. The summed E-state index contributed by atoms with van der Waals surface area (Å²) in [5.41, 5.74) is 5.71. The van der Waals surface area contributed by atoms with E-state index in [0.29, 0.717) is 5.56 Å². The Kier molecular flexibility index (Phi) is 6.35. The number of halogens is 1. The molecular formula is C22H18FN3O5S. The molecule has 0 atom stereocenters. The Hall–Kier alpha value is -4.05. The zero-order valence-corrected chi connectivity index (χ0v) is 17.6. The van der Waals surface area contributed by atoms with E-state index < -0.39 is 27.7 Å². The van der Waals surface area contributed by atoms with Gasteiger partial charge in [0.1, 0.15) is 5.82 Å². The summed E-state index contributed by atoms with van der Waals surface area (Å²) in [6.07, 6.45) is 0. The van der Waals surface area contributed by atoms with Crippen molar-refractivity contribution in [2.75, 3.05) is 10.0 Å². The zero-order valence-electron chi connectivity index (χ0n) is 16.8. The maximum absolute atomic E-state index is 13.6. The molecule has 32 heavy (non-hydrogen) atoms. The number of rotatable bonds is 7. The molecule has 2 amide bonds. The molecule has 3 rings (SSSR count). The summed E-state index contributed by atoms with van der Waals surface area (Å²) in [6, 6.07) is 14.5. The fourth-order valence-corrected chi connectivity index (χ4v) is 3.83. The number of primary amides is 1. The second-order valence-corrected chi connectivity index (χ2v) is 8.46. The number of Topliss-reactive ketones (excluding diaryl/α,β-unsaturated/α-hetero) is 1. The zero-order chi connectivity index (χ0) is 23.5. The van der Waals surface area contributed by atoms with Crippen molar-refractivity contribution in [1.82, 2.24) is 0 Å². The lowest BCUT2D eigenvalue weighted by Gasteiger charge is -2.10. The molecule has 3 aromatic carbocycles. The first-order chi connectivity index (χ1) is 15.1. The van der Waals surface area contributed by atoms with Crippen molar-refractivity contribution in [3.8, 4) is 0 Å². The summed E-state index contributed by atoms with van der Waals surface area (Å²) in [6.45, 7) is 1.38. The number of hydrogen-bond donors (Lipinski definition) is 3. The minimum Gasteiger partial charge on any atom is -0.366 e. The van der Waals surface area contributed by atoms with E-state index in [1.807, 2.05) is 0 Å². The number of nitrogens with one attached hydrogen (secondary N) is 2. The maximum Gasteiger partial charge on any atom is 0.261 e. The Morgan fingerprint density at radius 2 is 1.41 bits per heavy atom. The fourth-order valence-electron chi connectivity index (χ4n) is 2.77. The second kappa shape index (κ2) is 8.98. The first kappa shape index (κ1) is 22.6. The number of anilines is 2. The Morgan fingerprint density at radius 3 is 1.97 bits per heavy atom. The van der Waals surface area contributed by atoms with E-state index in [0.717, 1.165) is 12.1 Å². The lowest BCUT2D eigenvalue weighted by molar-refractivity contribution is 0.0991. The van der Waals surface area contributed by atoms with Crippen LogP contribution in [0.1, 0.15) is 38.0 Å². The lowest BCUT2D eigenvalue weighted by Crippen LogP contribution is -2.16. The summed E-state index contributed by atoms with van der Waals surface area (Å²) in [4.78, 5) is 34.9. The third-order valence-electron chi connectivity index (χ3n) is 4.46. The number of carbonyl (C=O) groups is 3. The van der Waals surface area contributed by atoms with Gasteiger partial charge >= 0.3 is 0 Å². The average molecular weight is 455 g/mol. The Morgan fingerprint density at radius 1 is 0.844 bits per heavy atom. The minimum absolute atomic E-state index is 0.0223. The van der Waals surface area contributed by atoms with E-state index in [1.165, 1.54) is 61.5 Å². The summed E-state index contributed by atoms with van der Waals surface area (Å²) < 4.78 is 41.0. The summed E-state index contributed by atoms with van der Waals surface area (Å²) in [5, 5.41) is 2.51. The van der Waals surface area contributed by atoms with Crippen LogP contribution in [0.15, 0.2) is 71.6 Å². The Balaban J connectivity index is 1.72. The molecule has 3 aromatic rings. The predicted octanol–water partition coefficient (Wildman–Crippen LogP) is 3.18. The van der Waals surface area contributed by atoms with Crippen LogP contribution in [0.2, 0.25) is 0 Å². The van der Waals surface area contributed by atoms with Crippen molar-refractivity contribution in [3.05, 3.63) is 89.2 Å². The topological polar surface area (TPSA) is 135 Å². The van der Waals surface area contributed by atoms with Gasteiger partial charge in [0.15, 0.2) is 5.78 Å². The number of amides is 2. The van der Waals surface area contributed by atoms with E-state index in [4.69, 9.17) is 5.73 Å². The van der Waals surface area contributed by atoms with Crippen LogP contribution in [0.25, 0.3) is 0 Å². The molecule has 164 valence electrons. The van der Waals surface area contributed by atoms with Gasteiger partial charge in [0.2, 0.25) is 0 Å². The van der Waals surface area contributed by atoms with Crippen LogP contribution in [0, 0.1) is 5.82 Å². The molecule has 4 N–H and O–H groups in total. The summed E-state index contributed by atoms with van der Waals surface area (Å²) >= 11 is 0. The van der Waals surface area contributed by atoms with Crippen LogP contribution in [0.3, 0.4) is 0 Å². The largest absolute Gasteiger partial charge is 0.366 e. The summed E-state index contributed by atoms with van der Waals surface area (Å²) in [7, 11) is -3.90. The van der Waals surface area contributed by atoms with Crippen molar-refractivity contribution in [2.24, 2.45) is 5.73 Å². The lowest BCUT2D eigenvalue weighted by atomic mass is 10.1. The third-order valence-corrected chi connectivity index (χ3v) is 5.86. The van der Waals surface area contributed by atoms with Crippen LogP contribution in [-0.4, -0.2) is 26.0 Å². The molecule has 0 radical (unpaired) electrons. The highest BCUT2D eigenvalue weighted by Gasteiger charge is 2.16. The molecule has 0 aliphatic carbocycles. The van der Waals surface area contributed by atoms with Crippen LogP contribution in [-0.2, 0) is 10.0 Å². The molecule has 0 heterocycles. The molecule has 0 saturated carbocycles. The monoisotopic (exact) mass is 455 g/mol. The average Bonchev–Trinajstić information content (AvgIpc) is 2.75. The Bertz CT molecular complexity index is 1300. The molecule has 0 unspecified atom stereocenters. The highest BCUT2D eigenvalue weighted by Crippen LogP contribution is 2.19. The fraction of sp³-hybridized carbons (Fsp3) is 0.0455. The first-order valence-corrected chi connectivity index (χ1v) is 10.7. The molecule has 8 nitrogen and oxygen atoms in total. The van der Waals surface area contributed by atoms with Gasteiger partial charge in [-0.25, -0.2) is 12.8 Å². The highest BCUT2D eigenvalue weighted by molar-refractivity contribution is 7.92. The van der Waals surface area contributed by atoms with Gasteiger partial charge in [-0.15, -0.1) is 0 Å². The van der Waals surface area contributed by atoms with E-state index in [2.05, 4.69) is 10.0 Å². The minimum atomic E-state index is -3.90. The van der Waals surface area contributed by atoms with Gasteiger partial charge in [0.05, 0.1) is 10.5 Å². The van der Waals surface area contributed by atoms with Crippen LogP contribution in [0.5, 0.6) is 0 Å². The van der Waals surface area contributed by atoms with Crippen molar-refractivity contribution in [3.63, 3.8) is 0 Å². The van der Waals surface area contributed by atoms with Gasteiger partial charge in [0.25, 0.3) is 21.8 Å². The van der Waals surface area contributed by atoms with Crippen molar-refractivity contribution in [1.29, 1.82) is 0 Å². The smallest absolute Gasteiger partial charge is 0.261 e. The van der Waals surface area contributed by atoms with Crippen LogP contribution in [0.4, 0.5) is 15.8 Å². The van der Waals surface area contributed by atoms with Crippen molar-refractivity contribution >= 4 is 39.0 Å². The van der Waals surface area contributed by atoms with Gasteiger partial charge in [-0.1, -0.05) is 12.1 Å². The number of hydrogen-bond acceptors (Lipinski definition) is 5. The molecule has 10 heteroatoms. The molecule has 0 saturated heterocycles. The highest BCUT2D eigenvalue weighted by atomic mass is 32.2. The quantitative estimate of drug-likeness (QED) is 0.470. The maximum atomic E-state index is 13.6. The van der Waals surface area contributed by atoms with E-state index in [1.54, 1.807) is 0 Å². The predicted molar refractivity (Wildman–Crippen MR) is 117 cm³/mol. The standard InChI is InChI=1S/C22H18FN3O5S/c1-13(27)14-4-9-18(10-5-14)32(30,31)26-16-6-2-15(3-7-16)22(29)25-17-8-11-20(23)19(12-17)21(24)28/h2-12,26H,1H3,(H2,24,28)(H,25,29). The van der Waals surface area contributed by atoms with Gasteiger partial charge in [-0.05, 0) is 61.5 Å². The summed E-state index contributed by atoms with van der Waals surface area (Å²) in [5.74, 6) is -2.50. The van der Waals surface area contributed by atoms with E-state index in [9.17, 15) is 27.2 Å². The second-order valence-electron chi connectivity index (χ2n) is 6.78. The third kappa shape index (κ3) is 5.16. The molecular weight excluding hydrogens is 437 g/mol. The van der Waals surface area contributed by atoms with Gasteiger partial charge in [0, 0.05) is 22.5 Å². The van der Waals surface area contributed by atoms with E-state index >= 15 is 0 Å². The van der Waals surface area contributed by atoms with E-state index in [-0.39, 0.29) is 33.2 Å². The normalized spacial score (nSPS) is 10.9. The molecule has 0 fully saturated rings. The number of nitrogens with two attached hydrogens (primary N) is 1. The number of sulfonamides is 1. The molecule has 0 spiro atoms. The van der Waals surface area contributed by atoms with Gasteiger partial charge in [-0.2, -0.15) is 0 Å². The van der Waals surface area contributed by atoms with Crippen LogP contribution >= 0.6 is 0 Å². The van der Waals surface area contributed by atoms with Crippen molar-refractivity contribution in [2.45, 2.75) is 11.8 Å². The molecule has 0 aliphatic rings. The van der Waals surface area contributed by atoms with Gasteiger partial charge in [-0.3, -0.25) is 19.1 Å².